The fraction of sp³-hybridized carbons (Fsp3) is 0.500. The van der Waals surface area contributed by atoms with Gasteiger partial charge in [0.05, 0.1) is 0 Å². The maximum absolute atomic E-state index is 5.23. The Balaban J connectivity index is 2.82. The van der Waals surface area contributed by atoms with Crippen LogP contribution in [-0.2, 0) is 6.54 Å². The van der Waals surface area contributed by atoms with E-state index in [4.69, 9.17) is 4.74 Å². The molecule has 1 radical (unpaired) electrons. The third-order valence-electron chi connectivity index (χ3n) is 2.56. The molecule has 1 aromatic carbocycles. The van der Waals surface area contributed by atoms with Gasteiger partial charge in [-0.15, -0.1) is 0 Å². The average molecular weight is 271 g/mol. The second-order valence-corrected chi connectivity index (χ2v) is 4.36. The third-order valence-corrected chi connectivity index (χ3v) is 3.39. The second kappa shape index (κ2) is 6.16. The van der Waals surface area contributed by atoms with E-state index in [1.54, 1.807) is 7.11 Å². The van der Waals surface area contributed by atoms with Crippen molar-refractivity contribution < 1.29 is 4.74 Å². The number of benzene rings is 1. The van der Waals surface area contributed by atoms with Crippen molar-refractivity contribution in [3.63, 3.8) is 0 Å². The summed E-state index contributed by atoms with van der Waals surface area (Å²) >= 11 is 3.09. The van der Waals surface area contributed by atoms with Crippen molar-refractivity contribution in [1.29, 1.82) is 0 Å². The van der Waals surface area contributed by atoms with E-state index in [-0.39, 0.29) is 0 Å². The van der Waals surface area contributed by atoms with Gasteiger partial charge in [0.25, 0.3) is 0 Å². The van der Waals surface area contributed by atoms with Crippen LogP contribution in [0.1, 0.15) is 19.4 Å². The second-order valence-electron chi connectivity index (χ2n) is 3.44. The van der Waals surface area contributed by atoms with Gasteiger partial charge < -0.3 is 0 Å². The number of ether oxygens (including phenoxy) is 1. The van der Waals surface area contributed by atoms with Gasteiger partial charge in [0.2, 0.25) is 0 Å². The van der Waals surface area contributed by atoms with Crippen LogP contribution in [0.3, 0.4) is 0 Å². The molecule has 0 fully saturated rings. The van der Waals surface area contributed by atoms with Crippen molar-refractivity contribution in [2.45, 2.75) is 20.4 Å². The normalized spacial score (nSPS) is 10.7. The number of rotatable bonds is 5. The van der Waals surface area contributed by atoms with E-state index in [1.807, 2.05) is 6.07 Å². The van der Waals surface area contributed by atoms with Gasteiger partial charge in [-0.25, -0.2) is 0 Å². The van der Waals surface area contributed by atoms with Crippen molar-refractivity contribution >= 4 is 20.5 Å². The topological polar surface area (TPSA) is 12.5 Å². The third kappa shape index (κ3) is 3.53. The molecule has 0 aliphatic heterocycles. The summed E-state index contributed by atoms with van der Waals surface area (Å²) in [6, 6.07) is 6.15. The molecular weight excluding hydrogens is 253 g/mol. The van der Waals surface area contributed by atoms with Crippen LogP contribution < -0.4 is 9.20 Å². The summed E-state index contributed by atoms with van der Waals surface area (Å²) in [5.74, 6) is 0.927. The van der Waals surface area contributed by atoms with Gasteiger partial charge in [-0.2, -0.15) is 0 Å². The molecule has 0 bridgehead atoms. The molecule has 0 aromatic heterocycles. The summed E-state index contributed by atoms with van der Waals surface area (Å²) in [5.41, 5.74) is 1.30. The molecule has 0 heterocycles. The Bertz CT molecular complexity index is 310. The molecular formula is C12H18NOSe. The molecule has 0 amide bonds. The van der Waals surface area contributed by atoms with Gasteiger partial charge in [0.15, 0.2) is 0 Å². The zero-order chi connectivity index (χ0) is 11.3. The fourth-order valence-electron chi connectivity index (χ4n) is 1.49. The monoisotopic (exact) mass is 272 g/mol. The summed E-state index contributed by atoms with van der Waals surface area (Å²) in [5, 5.41) is 0. The Hall–Kier alpha value is -0.501. The molecule has 0 unspecified atom stereocenters. The van der Waals surface area contributed by atoms with Crippen LogP contribution in [-0.4, -0.2) is 41.1 Å². The molecule has 0 spiro atoms. The summed E-state index contributed by atoms with van der Waals surface area (Å²) < 4.78 is 6.44. The quantitative estimate of drug-likeness (QED) is 0.749. The Kier molecular flexibility index (Phi) is 5.16. The molecule has 0 saturated heterocycles. The van der Waals surface area contributed by atoms with Gasteiger partial charge >= 0.3 is 100 Å². The predicted molar refractivity (Wildman–Crippen MR) is 65.0 cm³/mol. The van der Waals surface area contributed by atoms with Crippen LogP contribution in [0.4, 0.5) is 0 Å². The Morgan fingerprint density at radius 3 is 2.47 bits per heavy atom. The molecule has 15 heavy (non-hydrogen) atoms. The Labute approximate surface area is 100 Å². The zero-order valence-electron chi connectivity index (χ0n) is 9.62. The minimum atomic E-state index is 0.927. The molecule has 0 aliphatic carbocycles. The van der Waals surface area contributed by atoms with E-state index in [1.165, 1.54) is 10.0 Å². The molecule has 2 nitrogen and oxygen atoms in total. The molecule has 1 rings (SSSR count). The summed E-state index contributed by atoms with van der Waals surface area (Å²) in [7, 11) is 1.70. The number of nitrogens with zero attached hydrogens (tertiary/aromatic N) is 1. The summed E-state index contributed by atoms with van der Waals surface area (Å²) in [6.45, 7) is 7.50. The molecule has 0 N–H and O–H groups in total. The minimum absolute atomic E-state index is 0.927. The van der Waals surface area contributed by atoms with Crippen LogP contribution in [0.25, 0.3) is 0 Å². The van der Waals surface area contributed by atoms with Crippen molar-refractivity contribution in [2.75, 3.05) is 20.2 Å². The molecule has 3 heteroatoms. The number of methoxy groups -OCH3 is 1. The standard InChI is InChI=1S/C12H18NOSe/c1-4-13(5-2)9-10-8-11(14-3)6-7-12(10)15/h6-8H,4-5,9H2,1-3H3. The summed E-state index contributed by atoms with van der Waals surface area (Å²) in [4.78, 5) is 2.38. The van der Waals surface area contributed by atoms with E-state index in [0.717, 1.165) is 25.4 Å². The number of hydrogen-bond donors (Lipinski definition) is 0. The molecule has 0 atom stereocenters. The van der Waals surface area contributed by atoms with Gasteiger partial charge in [0.1, 0.15) is 0 Å². The first-order chi connectivity index (χ1) is 7.21. The van der Waals surface area contributed by atoms with Crippen molar-refractivity contribution in [3.05, 3.63) is 23.8 Å². The Morgan fingerprint density at radius 2 is 1.93 bits per heavy atom. The van der Waals surface area contributed by atoms with Gasteiger partial charge in [-0.1, -0.05) is 0 Å². The summed E-state index contributed by atoms with van der Waals surface area (Å²) in [6.07, 6.45) is 0. The number of hydrogen-bond acceptors (Lipinski definition) is 2. The van der Waals surface area contributed by atoms with Crippen LogP contribution in [0.15, 0.2) is 18.2 Å². The van der Waals surface area contributed by atoms with Crippen LogP contribution in [0.2, 0.25) is 0 Å². The predicted octanol–water partition coefficient (Wildman–Crippen LogP) is 1.33. The fourth-order valence-corrected chi connectivity index (χ4v) is 1.90. The molecule has 0 aliphatic rings. The van der Waals surface area contributed by atoms with Gasteiger partial charge in [-0.3, -0.25) is 0 Å². The van der Waals surface area contributed by atoms with E-state index in [9.17, 15) is 0 Å². The maximum atomic E-state index is 5.23. The first-order valence-electron chi connectivity index (χ1n) is 5.27. The average Bonchev–Trinajstić information content (AvgIpc) is 2.28. The SMILES string of the molecule is CCN(CC)Cc1cc(OC)ccc1[Se]. The zero-order valence-corrected chi connectivity index (χ0v) is 11.3. The molecule has 1 aromatic rings. The van der Waals surface area contributed by atoms with Gasteiger partial charge in [-0.05, 0) is 0 Å². The molecule has 0 saturated carbocycles. The first-order valence-corrected chi connectivity index (χ1v) is 6.13. The van der Waals surface area contributed by atoms with Crippen molar-refractivity contribution in [3.8, 4) is 5.75 Å². The van der Waals surface area contributed by atoms with E-state index < -0.39 is 0 Å². The van der Waals surface area contributed by atoms with Gasteiger partial charge in [0, 0.05) is 0 Å². The van der Waals surface area contributed by atoms with Crippen LogP contribution >= 0.6 is 0 Å². The van der Waals surface area contributed by atoms with E-state index in [2.05, 4.69) is 46.9 Å². The van der Waals surface area contributed by atoms with Crippen molar-refractivity contribution in [1.82, 2.24) is 4.90 Å². The van der Waals surface area contributed by atoms with Crippen LogP contribution in [0.5, 0.6) is 5.75 Å². The van der Waals surface area contributed by atoms with Crippen molar-refractivity contribution in [2.24, 2.45) is 0 Å². The van der Waals surface area contributed by atoms with Crippen LogP contribution in [0, 0.1) is 0 Å². The Morgan fingerprint density at radius 1 is 1.27 bits per heavy atom. The first kappa shape index (κ1) is 12.6. The molecule has 83 valence electrons. The van der Waals surface area contributed by atoms with E-state index in [0.29, 0.717) is 0 Å². The van der Waals surface area contributed by atoms with E-state index >= 15 is 0 Å².